The highest BCUT2D eigenvalue weighted by molar-refractivity contribution is 5.25. The maximum atomic E-state index is 13.8. The Balaban J connectivity index is 2.11. The topological polar surface area (TPSA) is 21.3 Å². The van der Waals surface area contributed by atoms with Crippen LogP contribution < -0.4 is 10.1 Å². The van der Waals surface area contributed by atoms with E-state index >= 15 is 0 Å². The van der Waals surface area contributed by atoms with E-state index in [1.807, 2.05) is 0 Å². The van der Waals surface area contributed by atoms with Gasteiger partial charge in [0.05, 0.1) is 0 Å². The van der Waals surface area contributed by atoms with Gasteiger partial charge in [-0.2, -0.15) is 0 Å². The Hall–Kier alpha value is -1.16. The molecule has 0 amide bonds. The van der Waals surface area contributed by atoms with Gasteiger partial charge in [0.15, 0.2) is 11.6 Å². The fourth-order valence-corrected chi connectivity index (χ4v) is 3.13. The first kappa shape index (κ1) is 16.2. The number of benzene rings is 1. The minimum absolute atomic E-state index is 0.0638. The quantitative estimate of drug-likeness (QED) is 0.881. The number of halogens is 2. The molecular formula is C17H25F2NO. The van der Waals surface area contributed by atoms with Crippen LogP contribution >= 0.6 is 0 Å². The average molecular weight is 297 g/mol. The van der Waals surface area contributed by atoms with E-state index in [0.29, 0.717) is 11.8 Å². The van der Waals surface area contributed by atoms with E-state index in [0.717, 1.165) is 25.5 Å². The normalized spacial score (nSPS) is 26.1. The fourth-order valence-electron chi connectivity index (χ4n) is 3.13. The second kappa shape index (κ2) is 7.21. The Kier molecular flexibility index (Phi) is 5.57. The maximum Gasteiger partial charge on any atom is 0.167 e. The third-order valence-corrected chi connectivity index (χ3v) is 4.41. The molecule has 0 aliphatic heterocycles. The molecule has 3 unspecified atom stereocenters. The molecule has 1 saturated carbocycles. The zero-order valence-corrected chi connectivity index (χ0v) is 13.0. The van der Waals surface area contributed by atoms with E-state index < -0.39 is 11.6 Å². The minimum atomic E-state index is -0.628. The largest absolute Gasteiger partial charge is 0.486 e. The zero-order chi connectivity index (χ0) is 15.4. The van der Waals surface area contributed by atoms with Crippen LogP contribution in [0.4, 0.5) is 8.78 Å². The van der Waals surface area contributed by atoms with Gasteiger partial charge in [-0.25, -0.2) is 8.78 Å². The van der Waals surface area contributed by atoms with Gasteiger partial charge in [-0.15, -0.1) is 0 Å². The summed E-state index contributed by atoms with van der Waals surface area (Å²) < 4.78 is 32.7. The SMILES string of the molecule is CCNC1CCC(C(C)C)CC1Oc1ccc(F)cc1F. The molecule has 4 heteroatoms. The van der Waals surface area contributed by atoms with Gasteiger partial charge < -0.3 is 10.1 Å². The molecule has 2 rings (SSSR count). The molecule has 0 aromatic heterocycles. The Morgan fingerprint density at radius 3 is 2.67 bits per heavy atom. The lowest BCUT2D eigenvalue weighted by Crippen LogP contribution is -2.47. The molecule has 0 bridgehead atoms. The van der Waals surface area contributed by atoms with Crippen molar-refractivity contribution in [3.63, 3.8) is 0 Å². The fraction of sp³-hybridized carbons (Fsp3) is 0.647. The summed E-state index contributed by atoms with van der Waals surface area (Å²) in [6, 6.07) is 3.73. The summed E-state index contributed by atoms with van der Waals surface area (Å²) in [7, 11) is 0. The molecule has 0 saturated heterocycles. The third kappa shape index (κ3) is 4.16. The minimum Gasteiger partial charge on any atom is -0.486 e. The standard InChI is InChI=1S/C17H25F2NO/c1-4-20-15-7-5-12(11(2)3)9-17(15)21-16-8-6-13(18)10-14(16)19/h6,8,10-12,15,17,20H,4-5,7,9H2,1-3H3. The van der Waals surface area contributed by atoms with Crippen LogP contribution in [0.25, 0.3) is 0 Å². The molecule has 1 aliphatic rings. The molecule has 118 valence electrons. The van der Waals surface area contributed by atoms with Crippen molar-refractivity contribution >= 4 is 0 Å². The number of nitrogens with one attached hydrogen (secondary N) is 1. The van der Waals surface area contributed by atoms with Gasteiger partial charge in [-0.05, 0) is 49.8 Å². The van der Waals surface area contributed by atoms with Crippen LogP contribution in [0.1, 0.15) is 40.0 Å². The number of hydrogen-bond acceptors (Lipinski definition) is 2. The van der Waals surface area contributed by atoms with E-state index in [4.69, 9.17) is 4.74 Å². The number of ether oxygens (including phenoxy) is 1. The van der Waals surface area contributed by atoms with Gasteiger partial charge in [0.25, 0.3) is 0 Å². The summed E-state index contributed by atoms with van der Waals surface area (Å²) >= 11 is 0. The second-order valence-corrected chi connectivity index (χ2v) is 6.21. The lowest BCUT2D eigenvalue weighted by Gasteiger charge is -2.38. The van der Waals surface area contributed by atoms with E-state index in [9.17, 15) is 8.78 Å². The first-order valence-electron chi connectivity index (χ1n) is 7.86. The van der Waals surface area contributed by atoms with Crippen molar-refractivity contribution in [2.24, 2.45) is 11.8 Å². The van der Waals surface area contributed by atoms with Gasteiger partial charge in [0.2, 0.25) is 0 Å². The van der Waals surface area contributed by atoms with Crippen LogP contribution in [0.2, 0.25) is 0 Å². The number of hydrogen-bond donors (Lipinski definition) is 1. The smallest absolute Gasteiger partial charge is 0.167 e. The summed E-state index contributed by atoms with van der Waals surface area (Å²) in [5.74, 6) is 0.127. The lowest BCUT2D eigenvalue weighted by molar-refractivity contribution is 0.0693. The molecule has 2 nitrogen and oxygen atoms in total. The Labute approximate surface area is 125 Å². The van der Waals surface area contributed by atoms with Crippen molar-refractivity contribution in [2.75, 3.05) is 6.54 Å². The van der Waals surface area contributed by atoms with E-state index in [-0.39, 0.29) is 17.9 Å². The highest BCUT2D eigenvalue weighted by Gasteiger charge is 2.33. The van der Waals surface area contributed by atoms with E-state index in [1.165, 1.54) is 18.6 Å². The van der Waals surface area contributed by atoms with Crippen LogP contribution in [-0.2, 0) is 0 Å². The molecule has 1 fully saturated rings. The van der Waals surface area contributed by atoms with Crippen molar-refractivity contribution in [1.82, 2.24) is 5.32 Å². The molecule has 0 radical (unpaired) electrons. The summed E-state index contributed by atoms with van der Waals surface area (Å²) in [4.78, 5) is 0. The molecule has 1 aliphatic carbocycles. The van der Waals surface area contributed by atoms with Crippen molar-refractivity contribution in [3.8, 4) is 5.75 Å². The Morgan fingerprint density at radius 2 is 2.05 bits per heavy atom. The summed E-state index contributed by atoms with van der Waals surface area (Å²) in [6.45, 7) is 7.36. The Morgan fingerprint density at radius 1 is 1.29 bits per heavy atom. The van der Waals surface area contributed by atoms with Crippen LogP contribution in [0.15, 0.2) is 18.2 Å². The monoisotopic (exact) mass is 297 g/mol. The van der Waals surface area contributed by atoms with Crippen molar-refractivity contribution in [3.05, 3.63) is 29.8 Å². The van der Waals surface area contributed by atoms with Crippen LogP contribution in [0, 0.1) is 23.5 Å². The van der Waals surface area contributed by atoms with Crippen molar-refractivity contribution < 1.29 is 13.5 Å². The molecule has 0 spiro atoms. The maximum absolute atomic E-state index is 13.8. The highest BCUT2D eigenvalue weighted by Crippen LogP contribution is 2.33. The van der Waals surface area contributed by atoms with Gasteiger partial charge in [0.1, 0.15) is 11.9 Å². The van der Waals surface area contributed by atoms with Crippen LogP contribution in [0.5, 0.6) is 5.75 Å². The lowest BCUT2D eigenvalue weighted by atomic mass is 9.78. The van der Waals surface area contributed by atoms with Gasteiger partial charge in [0, 0.05) is 12.1 Å². The summed E-state index contributed by atoms with van der Waals surface area (Å²) in [5.41, 5.74) is 0. The molecule has 1 aromatic rings. The molecule has 1 N–H and O–H groups in total. The van der Waals surface area contributed by atoms with Crippen LogP contribution in [-0.4, -0.2) is 18.7 Å². The predicted octanol–water partition coefficient (Wildman–Crippen LogP) is 4.15. The number of rotatable bonds is 5. The average Bonchev–Trinajstić information content (AvgIpc) is 2.43. The van der Waals surface area contributed by atoms with Crippen LogP contribution in [0.3, 0.4) is 0 Å². The molecule has 3 atom stereocenters. The predicted molar refractivity (Wildman–Crippen MR) is 80.4 cm³/mol. The first-order valence-corrected chi connectivity index (χ1v) is 7.86. The molecular weight excluding hydrogens is 272 g/mol. The van der Waals surface area contributed by atoms with Gasteiger partial charge >= 0.3 is 0 Å². The van der Waals surface area contributed by atoms with E-state index in [2.05, 4.69) is 26.1 Å². The van der Waals surface area contributed by atoms with Crippen molar-refractivity contribution in [1.29, 1.82) is 0 Å². The number of likely N-dealkylation sites (N-methyl/N-ethyl adjacent to an activating group) is 1. The molecule has 1 aromatic carbocycles. The molecule has 21 heavy (non-hydrogen) atoms. The van der Waals surface area contributed by atoms with Crippen molar-refractivity contribution in [2.45, 2.75) is 52.2 Å². The zero-order valence-electron chi connectivity index (χ0n) is 13.0. The van der Waals surface area contributed by atoms with Gasteiger partial charge in [-0.1, -0.05) is 20.8 Å². The second-order valence-electron chi connectivity index (χ2n) is 6.21. The summed E-state index contributed by atoms with van der Waals surface area (Å²) in [5, 5.41) is 3.42. The van der Waals surface area contributed by atoms with E-state index in [1.54, 1.807) is 0 Å². The third-order valence-electron chi connectivity index (χ3n) is 4.41. The summed E-state index contributed by atoms with van der Waals surface area (Å²) in [6.07, 6.45) is 3.04. The first-order chi connectivity index (χ1) is 10.0. The van der Waals surface area contributed by atoms with Gasteiger partial charge in [-0.3, -0.25) is 0 Å². The highest BCUT2D eigenvalue weighted by atomic mass is 19.1. The Bertz CT molecular complexity index is 464. The molecule has 0 heterocycles.